The molecular weight excluding hydrogens is 498 g/mol. The molecule has 0 saturated carbocycles. The van der Waals surface area contributed by atoms with Gasteiger partial charge in [0.25, 0.3) is 5.91 Å². The summed E-state index contributed by atoms with van der Waals surface area (Å²) in [6, 6.07) is 5.84. The number of piperazine rings is 1. The van der Waals surface area contributed by atoms with E-state index in [1.165, 1.54) is 9.80 Å². The number of likely N-dealkylation sites (tertiary alicyclic amines) is 1. The van der Waals surface area contributed by atoms with Gasteiger partial charge in [0.15, 0.2) is 5.78 Å². The van der Waals surface area contributed by atoms with Crippen LogP contribution in [0.3, 0.4) is 0 Å². The average molecular weight is 540 g/mol. The molecule has 3 heterocycles. The van der Waals surface area contributed by atoms with Gasteiger partial charge in [0.05, 0.1) is 18.8 Å². The molecule has 0 aliphatic carbocycles. The summed E-state index contributed by atoms with van der Waals surface area (Å²) in [6.45, 7) is 12.0. The van der Waals surface area contributed by atoms with Gasteiger partial charge >= 0.3 is 6.09 Å². The highest BCUT2D eigenvalue weighted by Crippen LogP contribution is 2.31. The summed E-state index contributed by atoms with van der Waals surface area (Å²) in [5, 5.41) is 2.92. The molecule has 39 heavy (non-hydrogen) atoms. The van der Waals surface area contributed by atoms with E-state index in [-0.39, 0.29) is 49.1 Å². The van der Waals surface area contributed by atoms with Crippen molar-refractivity contribution in [2.75, 3.05) is 57.8 Å². The number of nitrogens with zero attached hydrogens (tertiary/aromatic N) is 4. The maximum absolute atomic E-state index is 13.7. The van der Waals surface area contributed by atoms with Crippen LogP contribution in [0, 0.1) is 11.8 Å². The first-order valence-electron chi connectivity index (χ1n) is 13.9. The normalized spacial score (nSPS) is 20.4. The Morgan fingerprint density at radius 1 is 1.00 bits per heavy atom. The molecule has 0 aromatic heterocycles. The molecule has 0 bridgehead atoms. The predicted octanol–water partition coefficient (Wildman–Crippen LogP) is 2.35. The van der Waals surface area contributed by atoms with Crippen molar-refractivity contribution < 1.29 is 23.9 Å². The number of amides is 3. The number of nitrogens with one attached hydrogen (secondary N) is 1. The molecule has 10 nitrogen and oxygen atoms in total. The Bertz CT molecular complexity index is 1110. The van der Waals surface area contributed by atoms with E-state index in [1.54, 1.807) is 18.2 Å². The van der Waals surface area contributed by atoms with Gasteiger partial charge in [-0.05, 0) is 55.6 Å². The highest BCUT2D eigenvalue weighted by atomic mass is 16.6. The molecule has 1 N–H and O–H groups in total. The number of benzene rings is 1. The Hall–Kier alpha value is -3.40. The smallest absolute Gasteiger partial charge is 0.414 e. The largest absolute Gasteiger partial charge is 0.449 e. The van der Waals surface area contributed by atoms with E-state index in [4.69, 9.17) is 4.74 Å². The summed E-state index contributed by atoms with van der Waals surface area (Å²) in [6.07, 6.45) is 1.58. The van der Waals surface area contributed by atoms with Crippen LogP contribution < -0.4 is 10.2 Å². The first-order valence-corrected chi connectivity index (χ1v) is 13.9. The number of hydrogen-bond donors (Lipinski definition) is 1. The van der Waals surface area contributed by atoms with E-state index >= 15 is 0 Å². The Morgan fingerprint density at radius 2 is 1.67 bits per heavy atom. The number of likely N-dealkylation sites (N-methyl/N-ethyl adjacent to an activating group) is 1. The highest BCUT2D eigenvalue weighted by molar-refractivity contribution is 6.02. The van der Waals surface area contributed by atoms with Gasteiger partial charge in [-0.1, -0.05) is 27.7 Å². The Morgan fingerprint density at radius 3 is 2.28 bits per heavy atom. The molecule has 0 radical (unpaired) electrons. The molecule has 1 aromatic carbocycles. The number of carbonyl (C=O) groups excluding carboxylic acids is 4. The zero-order valence-corrected chi connectivity index (χ0v) is 23.7. The van der Waals surface area contributed by atoms with Crippen LogP contribution in [0.25, 0.3) is 0 Å². The fourth-order valence-electron chi connectivity index (χ4n) is 5.22. The molecular formula is C29H41N5O5. The second-order valence-corrected chi connectivity index (χ2v) is 11.5. The SMILES string of the molecule is CC(C)COC(=O)N1CC(=O)C2C1=CCN2C(=O)C(CC(C)C)NC(=O)c1ccc(N2CCN(C)CC2)cc1. The molecule has 3 amide bonds. The summed E-state index contributed by atoms with van der Waals surface area (Å²) in [5.74, 6) is -0.587. The predicted molar refractivity (Wildman–Crippen MR) is 148 cm³/mol. The highest BCUT2D eigenvalue weighted by Gasteiger charge is 2.48. The van der Waals surface area contributed by atoms with E-state index in [0.717, 1.165) is 31.9 Å². The van der Waals surface area contributed by atoms with Gasteiger partial charge in [0.2, 0.25) is 5.91 Å². The minimum Gasteiger partial charge on any atom is -0.449 e. The van der Waals surface area contributed by atoms with Crippen LogP contribution in [-0.2, 0) is 14.3 Å². The van der Waals surface area contributed by atoms with Gasteiger partial charge in [-0.2, -0.15) is 0 Å². The van der Waals surface area contributed by atoms with Crippen molar-refractivity contribution >= 4 is 29.4 Å². The molecule has 10 heteroatoms. The van der Waals surface area contributed by atoms with Gasteiger partial charge < -0.3 is 24.8 Å². The summed E-state index contributed by atoms with van der Waals surface area (Å²) in [7, 11) is 2.11. The molecule has 2 unspecified atom stereocenters. The number of ether oxygens (including phenoxy) is 1. The number of fused-ring (bicyclic) bond motifs is 1. The number of hydrogen-bond acceptors (Lipinski definition) is 7. The molecule has 2 saturated heterocycles. The lowest BCUT2D eigenvalue weighted by molar-refractivity contribution is -0.137. The van der Waals surface area contributed by atoms with Crippen molar-refractivity contribution in [1.82, 2.24) is 20.0 Å². The summed E-state index contributed by atoms with van der Waals surface area (Å²) < 4.78 is 5.32. The summed E-state index contributed by atoms with van der Waals surface area (Å²) >= 11 is 0. The molecule has 1 aromatic rings. The van der Waals surface area contributed by atoms with Crippen LogP contribution in [0.2, 0.25) is 0 Å². The first kappa shape index (κ1) is 28.6. The third kappa shape index (κ3) is 6.61. The van der Waals surface area contributed by atoms with E-state index in [1.807, 2.05) is 39.8 Å². The van der Waals surface area contributed by atoms with Crippen molar-refractivity contribution in [1.29, 1.82) is 0 Å². The van der Waals surface area contributed by atoms with Gasteiger partial charge in [-0.25, -0.2) is 4.79 Å². The quantitative estimate of drug-likeness (QED) is 0.541. The minimum absolute atomic E-state index is 0.127. The number of ketones is 1. The Kier molecular flexibility index (Phi) is 8.94. The van der Waals surface area contributed by atoms with Crippen molar-refractivity contribution in [3.8, 4) is 0 Å². The fourth-order valence-corrected chi connectivity index (χ4v) is 5.22. The number of Topliss-reactive ketones (excluding diaryl/α,β-unsaturated/α-hetero) is 1. The monoisotopic (exact) mass is 539 g/mol. The first-order chi connectivity index (χ1) is 18.5. The van der Waals surface area contributed by atoms with Crippen LogP contribution in [0.5, 0.6) is 0 Å². The maximum Gasteiger partial charge on any atom is 0.414 e. The van der Waals surface area contributed by atoms with Crippen LogP contribution >= 0.6 is 0 Å². The van der Waals surface area contributed by atoms with Crippen molar-refractivity contribution in [3.05, 3.63) is 41.6 Å². The lowest BCUT2D eigenvalue weighted by atomic mass is 10.0. The fraction of sp³-hybridized carbons (Fsp3) is 0.586. The van der Waals surface area contributed by atoms with Gasteiger partial charge in [0, 0.05) is 44.0 Å². The molecule has 2 atom stereocenters. The van der Waals surface area contributed by atoms with E-state index in [0.29, 0.717) is 17.7 Å². The number of rotatable bonds is 8. The zero-order valence-electron chi connectivity index (χ0n) is 23.7. The van der Waals surface area contributed by atoms with Crippen LogP contribution in [-0.4, -0.2) is 103 Å². The maximum atomic E-state index is 13.7. The summed E-state index contributed by atoms with van der Waals surface area (Å²) in [4.78, 5) is 59.8. The van der Waals surface area contributed by atoms with Crippen LogP contribution in [0.4, 0.5) is 10.5 Å². The lowest BCUT2D eigenvalue weighted by Gasteiger charge is -2.34. The van der Waals surface area contributed by atoms with Crippen LogP contribution in [0.15, 0.2) is 36.0 Å². The standard InChI is InChI=1S/C29H41N5O5/c1-19(2)16-23(30-27(36)21-6-8-22(9-7-21)32-14-12-31(5)13-15-32)28(37)33-11-10-24-26(33)25(35)17-34(24)29(38)39-18-20(3)4/h6-10,19-20,23,26H,11-18H2,1-5H3,(H,30,36). The van der Waals surface area contributed by atoms with Crippen LogP contribution in [0.1, 0.15) is 44.5 Å². The van der Waals surface area contributed by atoms with Gasteiger partial charge in [-0.3, -0.25) is 19.3 Å². The second-order valence-electron chi connectivity index (χ2n) is 11.5. The van der Waals surface area contributed by atoms with Gasteiger partial charge in [0.1, 0.15) is 12.1 Å². The molecule has 212 valence electrons. The third-order valence-electron chi connectivity index (χ3n) is 7.37. The van der Waals surface area contributed by atoms with Crippen molar-refractivity contribution in [2.45, 2.75) is 46.2 Å². The van der Waals surface area contributed by atoms with E-state index in [2.05, 4.69) is 22.2 Å². The second kappa shape index (κ2) is 12.2. The number of anilines is 1. The summed E-state index contributed by atoms with van der Waals surface area (Å²) in [5.41, 5.74) is 2.03. The molecule has 4 rings (SSSR count). The molecule has 3 aliphatic heterocycles. The van der Waals surface area contributed by atoms with Crippen molar-refractivity contribution in [3.63, 3.8) is 0 Å². The minimum atomic E-state index is -0.835. The molecule has 2 fully saturated rings. The number of carbonyl (C=O) groups is 4. The average Bonchev–Trinajstić information content (AvgIpc) is 3.48. The lowest BCUT2D eigenvalue weighted by Crippen LogP contribution is -2.52. The Balaban J connectivity index is 1.42. The third-order valence-corrected chi connectivity index (χ3v) is 7.37. The molecule has 3 aliphatic rings. The Labute approximate surface area is 230 Å². The zero-order chi connectivity index (χ0) is 28.3. The molecule has 0 spiro atoms. The topological polar surface area (TPSA) is 102 Å². The van der Waals surface area contributed by atoms with Gasteiger partial charge in [-0.15, -0.1) is 0 Å². The van der Waals surface area contributed by atoms with E-state index in [9.17, 15) is 19.2 Å². The van der Waals surface area contributed by atoms with E-state index < -0.39 is 18.2 Å². The van der Waals surface area contributed by atoms with Crippen molar-refractivity contribution in [2.24, 2.45) is 11.8 Å².